The molecule has 1 nitrogen and oxygen atoms in total. The summed E-state index contributed by atoms with van der Waals surface area (Å²) in [4.78, 5) is 0. The van der Waals surface area contributed by atoms with Gasteiger partial charge in [-0.1, -0.05) is 30.7 Å². The summed E-state index contributed by atoms with van der Waals surface area (Å²) in [7, 11) is 0. The first-order valence-corrected chi connectivity index (χ1v) is 6.98. The van der Waals surface area contributed by atoms with Gasteiger partial charge in [0, 0.05) is 18.2 Å². The summed E-state index contributed by atoms with van der Waals surface area (Å²) in [5, 5.41) is 3.24. The number of benzene rings is 2. The van der Waals surface area contributed by atoms with Gasteiger partial charge in [0.25, 0.3) is 0 Å². The number of rotatable bonds is 5. The Labute approximate surface area is 122 Å². The van der Waals surface area contributed by atoms with Gasteiger partial charge in [0.15, 0.2) is 11.6 Å². The van der Waals surface area contributed by atoms with E-state index in [0.29, 0.717) is 18.2 Å². The van der Waals surface area contributed by atoms with Gasteiger partial charge in [-0.3, -0.25) is 0 Å². The Morgan fingerprint density at radius 2 is 1.62 bits per heavy atom. The van der Waals surface area contributed by atoms with Crippen molar-refractivity contribution in [3.8, 4) is 11.1 Å². The highest BCUT2D eigenvalue weighted by Crippen LogP contribution is 2.29. The van der Waals surface area contributed by atoms with Crippen molar-refractivity contribution in [2.45, 2.75) is 26.8 Å². The average Bonchev–Trinajstić information content (AvgIpc) is 2.45. The van der Waals surface area contributed by atoms with Crippen LogP contribution >= 0.6 is 0 Å². The van der Waals surface area contributed by atoms with Gasteiger partial charge in [0.05, 0.1) is 0 Å². The SMILES string of the molecule is CCCNCc1ccc(C)cc1-c1cc(F)c(F)cc1F. The molecule has 4 heteroatoms. The summed E-state index contributed by atoms with van der Waals surface area (Å²) in [6.45, 7) is 5.33. The van der Waals surface area contributed by atoms with Gasteiger partial charge < -0.3 is 5.32 Å². The monoisotopic (exact) mass is 293 g/mol. The van der Waals surface area contributed by atoms with Crippen LogP contribution in [0.15, 0.2) is 30.3 Å². The van der Waals surface area contributed by atoms with Gasteiger partial charge in [-0.2, -0.15) is 0 Å². The lowest BCUT2D eigenvalue weighted by molar-refractivity contribution is 0.496. The highest BCUT2D eigenvalue weighted by atomic mass is 19.2. The quantitative estimate of drug-likeness (QED) is 0.628. The fourth-order valence-electron chi connectivity index (χ4n) is 2.22. The average molecular weight is 293 g/mol. The van der Waals surface area contributed by atoms with E-state index < -0.39 is 17.5 Å². The standard InChI is InChI=1S/C17H18F3N/c1-3-6-21-10-12-5-4-11(2)7-13(12)14-8-16(19)17(20)9-15(14)18/h4-5,7-9,21H,3,6,10H2,1-2H3. The van der Waals surface area contributed by atoms with Crippen molar-refractivity contribution in [1.29, 1.82) is 0 Å². The smallest absolute Gasteiger partial charge is 0.161 e. The summed E-state index contributed by atoms with van der Waals surface area (Å²) in [6, 6.07) is 7.11. The van der Waals surface area contributed by atoms with Crippen LogP contribution in [0.2, 0.25) is 0 Å². The zero-order valence-corrected chi connectivity index (χ0v) is 12.1. The Kier molecular flexibility index (Phi) is 5.02. The van der Waals surface area contributed by atoms with Crippen LogP contribution < -0.4 is 5.32 Å². The van der Waals surface area contributed by atoms with E-state index in [4.69, 9.17) is 0 Å². The van der Waals surface area contributed by atoms with Crippen LogP contribution in [0.5, 0.6) is 0 Å². The molecule has 112 valence electrons. The maximum absolute atomic E-state index is 14.0. The molecule has 2 aromatic rings. The van der Waals surface area contributed by atoms with E-state index in [0.717, 1.165) is 30.2 Å². The molecule has 0 bridgehead atoms. The number of aryl methyl sites for hydroxylation is 1. The molecule has 2 aromatic carbocycles. The first-order valence-electron chi connectivity index (χ1n) is 6.98. The van der Waals surface area contributed by atoms with Gasteiger partial charge in [0.1, 0.15) is 5.82 Å². The fraction of sp³-hybridized carbons (Fsp3) is 0.294. The zero-order chi connectivity index (χ0) is 15.4. The molecule has 0 aliphatic rings. The third-order valence-electron chi connectivity index (χ3n) is 3.31. The minimum atomic E-state index is -1.17. The van der Waals surface area contributed by atoms with E-state index in [1.165, 1.54) is 0 Å². The van der Waals surface area contributed by atoms with E-state index in [1.807, 2.05) is 19.1 Å². The summed E-state index contributed by atoms with van der Waals surface area (Å²) in [6.07, 6.45) is 0.987. The molecule has 0 unspecified atom stereocenters. The third kappa shape index (κ3) is 3.64. The van der Waals surface area contributed by atoms with Crippen molar-refractivity contribution in [2.75, 3.05) is 6.54 Å². The molecule has 0 heterocycles. The van der Waals surface area contributed by atoms with Crippen molar-refractivity contribution in [3.63, 3.8) is 0 Å². The topological polar surface area (TPSA) is 12.0 Å². The number of hydrogen-bond donors (Lipinski definition) is 1. The second-order valence-corrected chi connectivity index (χ2v) is 5.08. The van der Waals surface area contributed by atoms with Crippen LogP contribution in [0, 0.1) is 24.4 Å². The molecular formula is C17H18F3N. The lowest BCUT2D eigenvalue weighted by atomic mass is 9.96. The molecule has 0 aromatic heterocycles. The van der Waals surface area contributed by atoms with Gasteiger partial charge in [-0.25, -0.2) is 13.2 Å². The van der Waals surface area contributed by atoms with Crippen molar-refractivity contribution in [2.24, 2.45) is 0 Å². The molecule has 0 atom stereocenters. The van der Waals surface area contributed by atoms with E-state index in [-0.39, 0.29) is 5.56 Å². The van der Waals surface area contributed by atoms with Gasteiger partial charge in [0.2, 0.25) is 0 Å². The number of hydrogen-bond acceptors (Lipinski definition) is 1. The molecule has 0 spiro atoms. The molecule has 0 saturated heterocycles. The summed E-state index contributed by atoms with van der Waals surface area (Å²) in [5.74, 6) is -2.97. The summed E-state index contributed by atoms with van der Waals surface area (Å²) < 4.78 is 40.5. The van der Waals surface area contributed by atoms with Crippen LogP contribution in [0.3, 0.4) is 0 Å². The van der Waals surface area contributed by atoms with E-state index in [9.17, 15) is 13.2 Å². The van der Waals surface area contributed by atoms with Gasteiger partial charge in [-0.15, -0.1) is 0 Å². The van der Waals surface area contributed by atoms with Gasteiger partial charge >= 0.3 is 0 Å². The Morgan fingerprint density at radius 1 is 0.905 bits per heavy atom. The highest BCUT2D eigenvalue weighted by Gasteiger charge is 2.14. The van der Waals surface area contributed by atoms with Crippen LogP contribution in [-0.2, 0) is 6.54 Å². The minimum absolute atomic E-state index is 0.0888. The van der Waals surface area contributed by atoms with Crippen LogP contribution in [-0.4, -0.2) is 6.54 Å². The highest BCUT2D eigenvalue weighted by molar-refractivity contribution is 5.69. The van der Waals surface area contributed by atoms with Crippen molar-refractivity contribution in [3.05, 3.63) is 58.9 Å². The Hall–Kier alpha value is -1.81. The second kappa shape index (κ2) is 6.76. The molecule has 2 rings (SSSR count). The molecule has 0 aliphatic carbocycles. The molecule has 0 saturated carbocycles. The van der Waals surface area contributed by atoms with Crippen molar-refractivity contribution in [1.82, 2.24) is 5.32 Å². The molecule has 1 N–H and O–H groups in total. The van der Waals surface area contributed by atoms with E-state index >= 15 is 0 Å². The molecule has 0 aliphatic heterocycles. The maximum atomic E-state index is 14.0. The zero-order valence-electron chi connectivity index (χ0n) is 12.1. The molecule has 0 radical (unpaired) electrons. The molecule has 21 heavy (non-hydrogen) atoms. The maximum Gasteiger partial charge on any atom is 0.161 e. The first kappa shape index (κ1) is 15.6. The lowest BCUT2D eigenvalue weighted by Crippen LogP contribution is -2.14. The predicted octanol–water partition coefficient (Wildman–Crippen LogP) is 4.58. The largest absolute Gasteiger partial charge is 0.313 e. The van der Waals surface area contributed by atoms with Crippen molar-refractivity contribution < 1.29 is 13.2 Å². The van der Waals surface area contributed by atoms with Gasteiger partial charge in [-0.05, 0) is 37.1 Å². The minimum Gasteiger partial charge on any atom is -0.313 e. The summed E-state index contributed by atoms with van der Waals surface area (Å²) in [5.41, 5.74) is 2.48. The van der Waals surface area contributed by atoms with Crippen molar-refractivity contribution >= 4 is 0 Å². The Bertz CT molecular complexity index is 638. The van der Waals surface area contributed by atoms with Crippen LogP contribution in [0.4, 0.5) is 13.2 Å². The first-order chi connectivity index (χ1) is 10.0. The van der Waals surface area contributed by atoms with Crippen LogP contribution in [0.1, 0.15) is 24.5 Å². The third-order valence-corrected chi connectivity index (χ3v) is 3.31. The second-order valence-electron chi connectivity index (χ2n) is 5.08. The fourth-order valence-corrected chi connectivity index (χ4v) is 2.22. The number of nitrogens with one attached hydrogen (secondary N) is 1. The van der Waals surface area contributed by atoms with Crippen LogP contribution in [0.25, 0.3) is 11.1 Å². The van der Waals surface area contributed by atoms with E-state index in [2.05, 4.69) is 12.2 Å². The normalized spacial score (nSPS) is 10.9. The Morgan fingerprint density at radius 3 is 2.33 bits per heavy atom. The predicted molar refractivity (Wildman–Crippen MR) is 78.5 cm³/mol. The summed E-state index contributed by atoms with van der Waals surface area (Å²) >= 11 is 0. The Balaban J connectivity index is 2.46. The van der Waals surface area contributed by atoms with E-state index in [1.54, 1.807) is 6.07 Å². The molecule has 0 amide bonds. The molecule has 0 fully saturated rings. The molecular weight excluding hydrogens is 275 g/mol. The lowest BCUT2D eigenvalue weighted by Gasteiger charge is -2.13. The number of halogens is 3.